The van der Waals surface area contributed by atoms with Crippen LogP contribution in [0.25, 0.3) is 0 Å². The molecule has 4 rings (SSSR count). The molecule has 0 atom stereocenters. The Balaban J connectivity index is 1.31. The van der Waals surface area contributed by atoms with E-state index in [-0.39, 0.29) is 24.1 Å². The smallest absolute Gasteiger partial charge is 0.255 e. The molecule has 164 valence electrons. The molecule has 6 nitrogen and oxygen atoms in total. The predicted molar refractivity (Wildman–Crippen MR) is 118 cm³/mol. The average molecular weight is 425 g/mol. The molecule has 1 amide bonds. The van der Waals surface area contributed by atoms with Gasteiger partial charge in [-0.25, -0.2) is 9.37 Å². The first-order valence-corrected chi connectivity index (χ1v) is 10.9. The number of ether oxygens (including phenoxy) is 1. The van der Waals surface area contributed by atoms with Crippen LogP contribution in [0, 0.1) is 5.82 Å². The van der Waals surface area contributed by atoms with Crippen molar-refractivity contribution in [1.82, 2.24) is 15.2 Å². The Morgan fingerprint density at radius 1 is 1.23 bits per heavy atom. The first-order chi connectivity index (χ1) is 15.1. The molecule has 3 heterocycles. The quantitative estimate of drug-likeness (QED) is 0.696. The lowest BCUT2D eigenvalue weighted by Gasteiger charge is -2.33. The van der Waals surface area contributed by atoms with Gasteiger partial charge in [-0.15, -0.1) is 0 Å². The van der Waals surface area contributed by atoms with Crippen molar-refractivity contribution >= 4 is 11.7 Å². The van der Waals surface area contributed by atoms with Crippen LogP contribution in [0.15, 0.2) is 48.0 Å². The number of likely N-dealkylation sites (tertiary alicyclic amines) is 1. The van der Waals surface area contributed by atoms with Crippen LogP contribution >= 0.6 is 0 Å². The summed E-state index contributed by atoms with van der Waals surface area (Å²) < 4.78 is 19.3. The Morgan fingerprint density at radius 3 is 2.74 bits per heavy atom. The third kappa shape index (κ3) is 5.48. The van der Waals surface area contributed by atoms with E-state index in [0.29, 0.717) is 17.0 Å². The molecule has 2 aromatic rings. The van der Waals surface area contributed by atoms with Gasteiger partial charge in [-0.05, 0) is 56.1 Å². The minimum absolute atomic E-state index is 0.104. The monoisotopic (exact) mass is 424 g/mol. The van der Waals surface area contributed by atoms with E-state index in [1.165, 1.54) is 11.6 Å². The van der Waals surface area contributed by atoms with Gasteiger partial charge >= 0.3 is 0 Å². The Labute approximate surface area is 182 Å². The van der Waals surface area contributed by atoms with Crippen molar-refractivity contribution in [3.8, 4) is 0 Å². The van der Waals surface area contributed by atoms with Gasteiger partial charge in [0.05, 0.1) is 18.8 Å². The number of aromatic nitrogens is 1. The molecule has 31 heavy (non-hydrogen) atoms. The molecule has 0 aliphatic carbocycles. The van der Waals surface area contributed by atoms with Crippen LogP contribution in [-0.4, -0.2) is 48.6 Å². The van der Waals surface area contributed by atoms with Crippen molar-refractivity contribution in [3.63, 3.8) is 0 Å². The number of halogens is 1. The average Bonchev–Trinajstić information content (AvgIpc) is 2.79. The lowest BCUT2D eigenvalue weighted by atomic mass is 9.92. The number of nitrogen functional groups attached to an aromatic ring is 1. The van der Waals surface area contributed by atoms with E-state index < -0.39 is 0 Å². The zero-order valence-electron chi connectivity index (χ0n) is 17.6. The van der Waals surface area contributed by atoms with Gasteiger partial charge in [0.15, 0.2) is 0 Å². The molecule has 1 fully saturated rings. The highest BCUT2D eigenvalue weighted by atomic mass is 19.1. The summed E-state index contributed by atoms with van der Waals surface area (Å²) in [5.74, 6) is -0.137. The lowest BCUT2D eigenvalue weighted by molar-refractivity contribution is 0.0951. The number of nitrogens with two attached hydrogens (primary N) is 1. The van der Waals surface area contributed by atoms with Crippen LogP contribution in [-0.2, 0) is 11.3 Å². The normalized spacial score (nSPS) is 17.9. The highest BCUT2D eigenvalue weighted by molar-refractivity contribution is 5.98. The molecule has 0 bridgehead atoms. The minimum Gasteiger partial charge on any atom is -0.383 e. The predicted octanol–water partition coefficient (Wildman–Crippen LogP) is 3.26. The molecule has 0 spiro atoms. The Hall–Kier alpha value is -2.77. The molecule has 2 aliphatic heterocycles. The summed E-state index contributed by atoms with van der Waals surface area (Å²) >= 11 is 0. The molecule has 0 radical (unpaired) electrons. The maximum Gasteiger partial charge on any atom is 0.255 e. The SMILES string of the molecule is Nc1nc(C2CCN(CC3=CCCOC3)CC2)ccc1C(=O)NCc1ccccc1F. The van der Waals surface area contributed by atoms with Crippen molar-refractivity contribution in [2.75, 3.05) is 38.6 Å². The number of rotatable bonds is 6. The number of anilines is 1. The molecule has 7 heteroatoms. The second-order valence-corrected chi connectivity index (χ2v) is 8.20. The van der Waals surface area contributed by atoms with Crippen molar-refractivity contribution in [2.45, 2.75) is 31.7 Å². The summed E-state index contributed by atoms with van der Waals surface area (Å²) in [6.45, 7) is 4.67. The van der Waals surface area contributed by atoms with Crippen LogP contribution in [0.3, 0.4) is 0 Å². The summed E-state index contributed by atoms with van der Waals surface area (Å²) in [7, 11) is 0. The summed E-state index contributed by atoms with van der Waals surface area (Å²) in [5.41, 5.74) is 9.16. The largest absolute Gasteiger partial charge is 0.383 e. The van der Waals surface area contributed by atoms with Gasteiger partial charge in [0.2, 0.25) is 0 Å². The van der Waals surface area contributed by atoms with E-state index in [9.17, 15) is 9.18 Å². The highest BCUT2D eigenvalue weighted by Gasteiger charge is 2.23. The summed E-state index contributed by atoms with van der Waals surface area (Å²) in [6.07, 6.45) is 5.34. The van der Waals surface area contributed by atoms with Crippen molar-refractivity contribution in [3.05, 3.63) is 70.7 Å². The van der Waals surface area contributed by atoms with E-state index in [0.717, 1.165) is 57.8 Å². The number of piperidine rings is 1. The second kappa shape index (κ2) is 10.0. The number of pyridine rings is 1. The van der Waals surface area contributed by atoms with Crippen molar-refractivity contribution < 1.29 is 13.9 Å². The minimum atomic E-state index is -0.349. The van der Waals surface area contributed by atoms with Crippen molar-refractivity contribution in [2.24, 2.45) is 0 Å². The van der Waals surface area contributed by atoms with Crippen LogP contribution in [0.4, 0.5) is 10.2 Å². The molecule has 1 aromatic heterocycles. The number of hydrogen-bond donors (Lipinski definition) is 2. The fourth-order valence-electron chi connectivity index (χ4n) is 4.22. The van der Waals surface area contributed by atoms with Gasteiger partial charge < -0.3 is 15.8 Å². The Kier molecular flexibility index (Phi) is 6.94. The van der Waals surface area contributed by atoms with E-state index >= 15 is 0 Å². The number of nitrogens with one attached hydrogen (secondary N) is 1. The van der Waals surface area contributed by atoms with Crippen molar-refractivity contribution in [1.29, 1.82) is 0 Å². The van der Waals surface area contributed by atoms with E-state index in [1.54, 1.807) is 24.3 Å². The summed E-state index contributed by atoms with van der Waals surface area (Å²) in [5, 5.41) is 2.72. The zero-order valence-corrected chi connectivity index (χ0v) is 17.6. The topological polar surface area (TPSA) is 80.5 Å². The van der Waals surface area contributed by atoms with Gasteiger partial charge in [-0.1, -0.05) is 24.3 Å². The third-order valence-corrected chi connectivity index (χ3v) is 6.00. The standard InChI is InChI=1S/C24H29FN4O2/c25-21-6-2-1-5-19(21)14-27-24(30)20-7-8-22(28-23(20)26)18-9-11-29(12-10-18)15-17-4-3-13-31-16-17/h1-2,4-8,18H,3,9-16H2,(H2,26,28)(H,27,30). The first kappa shape index (κ1) is 21.5. The molecule has 0 saturated carbocycles. The van der Waals surface area contributed by atoms with Crippen LogP contribution in [0.2, 0.25) is 0 Å². The van der Waals surface area contributed by atoms with E-state index in [2.05, 4.69) is 21.3 Å². The molecule has 0 unspecified atom stereocenters. The van der Waals surface area contributed by atoms with Crippen LogP contribution in [0.5, 0.6) is 0 Å². The lowest BCUT2D eigenvalue weighted by Crippen LogP contribution is -2.35. The van der Waals surface area contributed by atoms with E-state index in [1.807, 2.05) is 6.07 Å². The van der Waals surface area contributed by atoms with E-state index in [4.69, 9.17) is 10.5 Å². The first-order valence-electron chi connectivity index (χ1n) is 10.9. The number of amides is 1. The molecular formula is C24H29FN4O2. The number of hydrogen-bond acceptors (Lipinski definition) is 5. The molecule has 1 aromatic carbocycles. The Morgan fingerprint density at radius 2 is 2.03 bits per heavy atom. The van der Waals surface area contributed by atoms with Gasteiger partial charge in [-0.2, -0.15) is 0 Å². The third-order valence-electron chi connectivity index (χ3n) is 6.00. The Bertz CT molecular complexity index is 954. The maximum atomic E-state index is 13.7. The zero-order chi connectivity index (χ0) is 21.6. The van der Waals surface area contributed by atoms with Gasteiger partial charge in [0, 0.05) is 30.3 Å². The fraction of sp³-hybridized carbons (Fsp3) is 0.417. The van der Waals surface area contributed by atoms with Gasteiger partial charge in [0.1, 0.15) is 11.6 Å². The summed E-state index contributed by atoms with van der Waals surface area (Å²) in [4.78, 5) is 19.5. The maximum absolute atomic E-state index is 13.7. The number of carbonyl (C=O) groups excluding carboxylic acids is 1. The van der Waals surface area contributed by atoms with Crippen LogP contribution < -0.4 is 11.1 Å². The van der Waals surface area contributed by atoms with Gasteiger partial charge in [0.25, 0.3) is 5.91 Å². The summed E-state index contributed by atoms with van der Waals surface area (Å²) in [6, 6.07) is 9.99. The highest BCUT2D eigenvalue weighted by Crippen LogP contribution is 2.28. The number of carbonyl (C=O) groups is 1. The van der Waals surface area contributed by atoms with Crippen LogP contribution in [0.1, 0.15) is 46.8 Å². The number of nitrogens with zero attached hydrogens (tertiary/aromatic N) is 2. The molecule has 1 saturated heterocycles. The molecule has 3 N–H and O–H groups in total. The van der Waals surface area contributed by atoms with Gasteiger partial charge in [-0.3, -0.25) is 9.69 Å². The second-order valence-electron chi connectivity index (χ2n) is 8.20. The fourth-order valence-corrected chi connectivity index (χ4v) is 4.22. The molecule has 2 aliphatic rings. The molecular weight excluding hydrogens is 395 g/mol. The number of benzene rings is 1.